The van der Waals surface area contributed by atoms with Crippen LogP contribution in [0, 0.1) is 5.92 Å². The maximum Gasteiger partial charge on any atom is 0.377 e. The van der Waals surface area contributed by atoms with E-state index in [1.165, 1.54) is 26.0 Å². The third-order valence-electron chi connectivity index (χ3n) is 2.86. The quantitative estimate of drug-likeness (QED) is 0.641. The third kappa shape index (κ3) is 3.26. The van der Waals surface area contributed by atoms with E-state index in [1.54, 1.807) is 6.07 Å². The highest BCUT2D eigenvalue weighted by Gasteiger charge is 2.24. The van der Waals surface area contributed by atoms with Crippen molar-refractivity contribution in [1.82, 2.24) is 0 Å². The van der Waals surface area contributed by atoms with Gasteiger partial charge in [-0.05, 0) is 46.8 Å². The monoisotopic (exact) mass is 328 g/mol. The summed E-state index contributed by atoms with van der Waals surface area (Å²) < 4.78 is 11.1. The van der Waals surface area contributed by atoms with E-state index in [0.29, 0.717) is 28.5 Å². The Morgan fingerprint density at radius 2 is 2.05 bits per heavy atom. The fourth-order valence-electron chi connectivity index (χ4n) is 1.59. The number of carbonyl (C=O) groups excluding carboxylic acids is 1. The van der Waals surface area contributed by atoms with Gasteiger partial charge >= 0.3 is 5.97 Å². The molecule has 0 amide bonds. The molecule has 1 N–H and O–H groups in total. The minimum atomic E-state index is -1.51. The Labute approximate surface area is 118 Å². The molecule has 0 saturated heterocycles. The number of carbonyl (C=O) groups is 2. The standard InChI is InChI=1S/C13H13BrO5/c1-18-10-4-8(12(15)13(16)17)9(14)5-11(10)19-6-7-2-3-7/h4-5,7H,2-3,6H2,1H3,(H,16,17). The van der Waals surface area contributed by atoms with Crippen LogP contribution in [-0.4, -0.2) is 30.6 Å². The Balaban J connectivity index is 2.27. The van der Waals surface area contributed by atoms with Gasteiger partial charge < -0.3 is 14.6 Å². The molecule has 0 aromatic heterocycles. The number of ether oxygens (including phenoxy) is 2. The van der Waals surface area contributed by atoms with Gasteiger partial charge in [-0.1, -0.05) is 0 Å². The van der Waals surface area contributed by atoms with E-state index in [4.69, 9.17) is 14.6 Å². The van der Waals surface area contributed by atoms with E-state index in [9.17, 15) is 9.59 Å². The molecule has 0 radical (unpaired) electrons. The molecule has 0 unspecified atom stereocenters. The van der Waals surface area contributed by atoms with Crippen LogP contribution in [-0.2, 0) is 4.79 Å². The molecule has 1 saturated carbocycles. The molecule has 1 aromatic rings. The summed E-state index contributed by atoms with van der Waals surface area (Å²) in [7, 11) is 1.45. The lowest BCUT2D eigenvalue weighted by atomic mass is 10.1. The molecule has 1 aliphatic carbocycles. The lowest BCUT2D eigenvalue weighted by Crippen LogP contribution is -2.14. The largest absolute Gasteiger partial charge is 0.493 e. The van der Waals surface area contributed by atoms with Gasteiger partial charge in [0, 0.05) is 10.0 Å². The first-order valence-corrected chi connectivity index (χ1v) is 6.60. The molecule has 19 heavy (non-hydrogen) atoms. The van der Waals surface area contributed by atoms with E-state index >= 15 is 0 Å². The summed E-state index contributed by atoms with van der Waals surface area (Å²) in [6.45, 7) is 0.606. The van der Waals surface area contributed by atoms with Gasteiger partial charge in [-0.3, -0.25) is 4.79 Å². The maximum absolute atomic E-state index is 11.5. The number of carboxylic acid groups (broad SMARTS) is 1. The summed E-state index contributed by atoms with van der Waals surface area (Å²) in [5.74, 6) is -1.05. The number of halogens is 1. The molecule has 6 heteroatoms. The molecule has 5 nitrogen and oxygen atoms in total. The van der Waals surface area contributed by atoms with Crippen LogP contribution in [0.4, 0.5) is 0 Å². The highest BCUT2D eigenvalue weighted by molar-refractivity contribution is 9.10. The minimum Gasteiger partial charge on any atom is -0.493 e. The first-order valence-electron chi connectivity index (χ1n) is 5.81. The second-order valence-electron chi connectivity index (χ2n) is 4.37. The zero-order valence-electron chi connectivity index (χ0n) is 10.3. The number of rotatable bonds is 6. The Morgan fingerprint density at radius 3 is 2.58 bits per heavy atom. The Bertz CT molecular complexity index is 522. The van der Waals surface area contributed by atoms with Crippen LogP contribution in [0.15, 0.2) is 16.6 Å². The van der Waals surface area contributed by atoms with Crippen LogP contribution in [0.25, 0.3) is 0 Å². The molecule has 2 rings (SSSR count). The number of carboxylic acids is 1. The van der Waals surface area contributed by atoms with E-state index in [0.717, 1.165) is 0 Å². The lowest BCUT2D eigenvalue weighted by Gasteiger charge is -2.12. The van der Waals surface area contributed by atoms with Crippen molar-refractivity contribution in [2.75, 3.05) is 13.7 Å². The number of ketones is 1. The number of methoxy groups -OCH3 is 1. The van der Waals surface area contributed by atoms with Crippen LogP contribution in [0.1, 0.15) is 23.2 Å². The van der Waals surface area contributed by atoms with Crippen molar-refractivity contribution >= 4 is 27.7 Å². The summed E-state index contributed by atoms with van der Waals surface area (Å²) in [4.78, 5) is 22.2. The second-order valence-corrected chi connectivity index (χ2v) is 5.23. The fourth-order valence-corrected chi connectivity index (χ4v) is 2.09. The van der Waals surface area contributed by atoms with E-state index in [-0.39, 0.29) is 5.56 Å². The van der Waals surface area contributed by atoms with Gasteiger partial charge in [0.15, 0.2) is 11.5 Å². The zero-order valence-corrected chi connectivity index (χ0v) is 11.9. The Kier molecular flexibility index (Phi) is 4.09. The molecule has 0 spiro atoms. The van der Waals surface area contributed by atoms with Crippen molar-refractivity contribution < 1.29 is 24.2 Å². The van der Waals surface area contributed by atoms with Crippen LogP contribution in [0.5, 0.6) is 11.5 Å². The fraction of sp³-hybridized carbons (Fsp3) is 0.385. The number of Topliss-reactive ketones (excluding diaryl/α,β-unsaturated/α-hetero) is 1. The van der Waals surface area contributed by atoms with Gasteiger partial charge in [0.2, 0.25) is 0 Å². The van der Waals surface area contributed by atoms with Gasteiger partial charge in [0.1, 0.15) is 0 Å². The number of hydrogen-bond acceptors (Lipinski definition) is 4. The summed E-state index contributed by atoms with van der Waals surface area (Å²) in [6, 6.07) is 2.94. The topological polar surface area (TPSA) is 72.8 Å². The first-order chi connectivity index (χ1) is 9.02. The normalized spacial score (nSPS) is 14.0. The van der Waals surface area contributed by atoms with Crippen molar-refractivity contribution in [2.24, 2.45) is 5.92 Å². The zero-order chi connectivity index (χ0) is 14.0. The van der Waals surface area contributed by atoms with Crippen molar-refractivity contribution in [1.29, 1.82) is 0 Å². The lowest BCUT2D eigenvalue weighted by molar-refractivity contribution is -0.131. The highest BCUT2D eigenvalue weighted by atomic mass is 79.9. The van der Waals surface area contributed by atoms with Gasteiger partial charge in [-0.25, -0.2) is 4.79 Å². The highest BCUT2D eigenvalue weighted by Crippen LogP contribution is 2.36. The van der Waals surface area contributed by atoms with Crippen LogP contribution in [0.2, 0.25) is 0 Å². The SMILES string of the molecule is COc1cc(C(=O)C(=O)O)c(Br)cc1OCC1CC1. The maximum atomic E-state index is 11.5. The van der Waals surface area contributed by atoms with E-state index in [1.807, 2.05) is 0 Å². The first kappa shape index (κ1) is 13.9. The molecular weight excluding hydrogens is 316 g/mol. The van der Waals surface area contributed by atoms with Crippen molar-refractivity contribution in [3.05, 3.63) is 22.2 Å². The molecule has 1 fully saturated rings. The van der Waals surface area contributed by atoms with Crippen LogP contribution in [0.3, 0.4) is 0 Å². The molecule has 1 aliphatic rings. The van der Waals surface area contributed by atoms with E-state index in [2.05, 4.69) is 15.9 Å². The second kappa shape index (κ2) is 5.61. The van der Waals surface area contributed by atoms with Gasteiger partial charge in [-0.15, -0.1) is 0 Å². The van der Waals surface area contributed by atoms with Crippen LogP contribution < -0.4 is 9.47 Å². The predicted octanol–water partition coefficient (Wildman–Crippen LogP) is 2.51. The van der Waals surface area contributed by atoms with Gasteiger partial charge in [0.05, 0.1) is 13.7 Å². The Hall–Kier alpha value is -1.56. The summed E-state index contributed by atoms with van der Waals surface area (Å²) in [6.07, 6.45) is 2.33. The van der Waals surface area contributed by atoms with Crippen molar-refractivity contribution in [3.63, 3.8) is 0 Å². The van der Waals surface area contributed by atoms with Gasteiger partial charge in [0.25, 0.3) is 5.78 Å². The molecule has 1 aromatic carbocycles. The smallest absolute Gasteiger partial charge is 0.377 e. The Morgan fingerprint density at radius 1 is 1.37 bits per heavy atom. The number of aliphatic carboxylic acids is 1. The summed E-state index contributed by atoms with van der Waals surface area (Å²) in [5.41, 5.74) is 0.0446. The third-order valence-corrected chi connectivity index (χ3v) is 3.52. The predicted molar refractivity (Wildman–Crippen MR) is 70.9 cm³/mol. The number of benzene rings is 1. The molecule has 0 atom stereocenters. The summed E-state index contributed by atoms with van der Waals surface area (Å²) in [5, 5.41) is 8.73. The van der Waals surface area contributed by atoms with Crippen molar-refractivity contribution in [2.45, 2.75) is 12.8 Å². The molecule has 0 aliphatic heterocycles. The molecule has 0 heterocycles. The average molecular weight is 329 g/mol. The molecule has 0 bridgehead atoms. The van der Waals surface area contributed by atoms with E-state index < -0.39 is 11.8 Å². The number of hydrogen-bond donors (Lipinski definition) is 1. The van der Waals surface area contributed by atoms with Gasteiger partial charge in [-0.2, -0.15) is 0 Å². The molecule has 102 valence electrons. The average Bonchev–Trinajstić information content (AvgIpc) is 3.19. The molecular formula is C13H13BrO5. The minimum absolute atomic E-state index is 0.0446. The summed E-state index contributed by atoms with van der Waals surface area (Å²) >= 11 is 3.18. The van der Waals surface area contributed by atoms with Crippen molar-refractivity contribution in [3.8, 4) is 11.5 Å². The van der Waals surface area contributed by atoms with Crippen LogP contribution >= 0.6 is 15.9 Å².